The van der Waals surface area contributed by atoms with Gasteiger partial charge in [-0.1, -0.05) is 0 Å². The maximum absolute atomic E-state index is 14.3. The molecule has 0 aliphatic carbocycles. The Hall–Kier alpha value is -2.29. The van der Waals surface area contributed by atoms with E-state index in [2.05, 4.69) is 0 Å². The minimum absolute atomic E-state index is 0.00350. The first-order valence-corrected chi connectivity index (χ1v) is 7.82. The molecular weight excluding hydrogens is 315 g/mol. The first-order chi connectivity index (χ1) is 10.4. The molecule has 120 valence electrons. The topological polar surface area (TPSA) is 84.9 Å². The van der Waals surface area contributed by atoms with E-state index in [-0.39, 0.29) is 11.4 Å². The van der Waals surface area contributed by atoms with Gasteiger partial charge in [0.2, 0.25) is 0 Å². The van der Waals surface area contributed by atoms with Crippen LogP contribution in [0, 0.1) is 5.82 Å². The maximum atomic E-state index is 14.3. The van der Waals surface area contributed by atoms with Gasteiger partial charge in [0.15, 0.2) is 5.82 Å². The largest absolute Gasteiger partial charge is 0.501 e. The second kappa shape index (κ2) is 6.22. The van der Waals surface area contributed by atoms with Crippen molar-refractivity contribution in [3.8, 4) is 5.75 Å². The minimum Gasteiger partial charge on any atom is -0.501 e. The maximum Gasteiger partial charge on any atom is 0.326 e. The third-order valence-corrected chi connectivity index (χ3v) is 4.24. The molecule has 1 aliphatic heterocycles. The van der Waals surface area contributed by atoms with E-state index in [1.165, 1.54) is 25.5 Å². The smallest absolute Gasteiger partial charge is 0.326 e. The lowest BCUT2D eigenvalue weighted by molar-refractivity contribution is -0.117. The van der Waals surface area contributed by atoms with Gasteiger partial charge in [-0.05, 0) is 30.7 Å². The van der Waals surface area contributed by atoms with Crippen LogP contribution in [0.5, 0.6) is 5.75 Å². The highest BCUT2D eigenvalue weighted by atomic mass is 32.2. The zero-order valence-electron chi connectivity index (χ0n) is 12.0. The quantitative estimate of drug-likeness (QED) is 0.815. The second-order valence-corrected chi connectivity index (χ2v) is 5.94. The Morgan fingerprint density at radius 3 is 2.73 bits per heavy atom. The highest BCUT2D eigenvalue weighted by molar-refractivity contribution is 7.92. The molecule has 0 saturated carbocycles. The Balaban J connectivity index is 2.47. The van der Waals surface area contributed by atoms with Crippen molar-refractivity contribution in [2.45, 2.75) is 6.92 Å². The fourth-order valence-corrected chi connectivity index (χ4v) is 3.12. The number of amides is 1. The highest BCUT2D eigenvalue weighted by Gasteiger charge is 2.37. The molecule has 0 radical (unpaired) electrons. The molecule has 0 spiro atoms. The van der Waals surface area contributed by atoms with Crippen LogP contribution < -0.4 is 13.8 Å². The van der Waals surface area contributed by atoms with Gasteiger partial charge in [-0.3, -0.25) is 4.79 Å². The zero-order chi connectivity index (χ0) is 16.3. The van der Waals surface area contributed by atoms with E-state index >= 15 is 0 Å². The molecule has 0 bridgehead atoms. The van der Waals surface area contributed by atoms with Crippen molar-refractivity contribution in [2.24, 2.45) is 0 Å². The van der Waals surface area contributed by atoms with Gasteiger partial charge in [0.05, 0.1) is 20.0 Å². The Labute approximate surface area is 127 Å². The molecule has 1 amide bonds. The fourth-order valence-electron chi connectivity index (χ4n) is 1.96. The molecule has 1 N–H and O–H groups in total. The lowest BCUT2D eigenvalue weighted by Gasteiger charge is -2.19. The van der Waals surface area contributed by atoms with Gasteiger partial charge in [-0.25, -0.2) is 13.4 Å². The van der Waals surface area contributed by atoms with Crippen LogP contribution in [0.4, 0.5) is 10.1 Å². The van der Waals surface area contributed by atoms with Crippen molar-refractivity contribution < 1.29 is 27.1 Å². The van der Waals surface area contributed by atoms with Crippen LogP contribution in [0.3, 0.4) is 0 Å². The molecule has 0 atom stereocenters. The molecule has 0 unspecified atom stereocenters. The summed E-state index contributed by atoms with van der Waals surface area (Å²) in [7, 11) is -2.82. The predicted octanol–water partition coefficient (Wildman–Crippen LogP) is 1.02. The number of anilines is 1. The van der Waals surface area contributed by atoms with Crippen LogP contribution in [0.1, 0.15) is 12.5 Å². The van der Waals surface area contributed by atoms with Crippen LogP contribution >= 0.6 is 0 Å². The molecule has 1 fully saturated rings. The first-order valence-electron chi connectivity index (χ1n) is 6.38. The lowest BCUT2D eigenvalue weighted by atomic mass is 10.1. The molecule has 0 aromatic heterocycles. The molecule has 1 heterocycles. The average Bonchev–Trinajstić information content (AvgIpc) is 2.71. The van der Waals surface area contributed by atoms with Crippen LogP contribution in [0.15, 0.2) is 18.4 Å². The Morgan fingerprint density at radius 2 is 2.18 bits per heavy atom. The summed E-state index contributed by atoms with van der Waals surface area (Å²) >= 11 is 0. The number of methoxy groups -OCH3 is 1. The van der Waals surface area contributed by atoms with Crippen molar-refractivity contribution in [3.05, 3.63) is 29.8 Å². The monoisotopic (exact) mass is 330 g/mol. The third kappa shape index (κ3) is 3.14. The number of nitrogens with one attached hydrogen (secondary N) is 1. The third-order valence-electron chi connectivity index (χ3n) is 2.86. The van der Waals surface area contributed by atoms with E-state index in [0.717, 1.165) is 6.07 Å². The molecule has 1 aromatic rings. The SMILES string of the molecule is CCOC=Cc1cc(F)c(N2CC(=O)NS2(=O)=O)c(OC)c1. The van der Waals surface area contributed by atoms with E-state index in [9.17, 15) is 17.6 Å². The van der Waals surface area contributed by atoms with Gasteiger partial charge < -0.3 is 9.47 Å². The number of hydrogen-bond acceptors (Lipinski definition) is 5. The number of rotatable bonds is 5. The van der Waals surface area contributed by atoms with Gasteiger partial charge in [0.25, 0.3) is 5.91 Å². The summed E-state index contributed by atoms with van der Waals surface area (Å²) in [6, 6.07) is 2.58. The number of carbonyl (C=O) groups excluding carboxylic acids is 1. The molecule has 7 nitrogen and oxygen atoms in total. The summed E-state index contributed by atoms with van der Waals surface area (Å²) in [6.07, 6.45) is 2.91. The van der Waals surface area contributed by atoms with Crippen molar-refractivity contribution >= 4 is 27.9 Å². The minimum atomic E-state index is -4.11. The summed E-state index contributed by atoms with van der Waals surface area (Å²) in [4.78, 5) is 11.3. The highest BCUT2D eigenvalue weighted by Crippen LogP contribution is 2.35. The molecule has 2 rings (SSSR count). The number of carbonyl (C=O) groups is 1. The molecular formula is C13H15FN2O5S. The standard InChI is InChI=1S/C13H15FN2O5S/c1-3-21-5-4-9-6-10(14)13(11(7-9)20-2)16-8-12(17)15-22(16,18)19/h4-7H,3,8H2,1-2H3,(H,15,17). The van der Waals surface area contributed by atoms with E-state index in [1.54, 1.807) is 11.6 Å². The summed E-state index contributed by atoms with van der Waals surface area (Å²) in [5.41, 5.74) is 0.122. The first kappa shape index (κ1) is 16.1. The summed E-state index contributed by atoms with van der Waals surface area (Å²) in [5, 5.41) is 0. The summed E-state index contributed by atoms with van der Waals surface area (Å²) in [5.74, 6) is -1.56. The Bertz CT molecular complexity index is 717. The lowest BCUT2D eigenvalue weighted by Crippen LogP contribution is -2.30. The van der Waals surface area contributed by atoms with E-state index in [1.807, 2.05) is 0 Å². The van der Waals surface area contributed by atoms with E-state index < -0.39 is 28.5 Å². The average molecular weight is 330 g/mol. The van der Waals surface area contributed by atoms with Gasteiger partial charge in [0, 0.05) is 0 Å². The zero-order valence-corrected chi connectivity index (χ0v) is 12.8. The van der Waals surface area contributed by atoms with Gasteiger partial charge in [-0.15, -0.1) is 0 Å². The van der Waals surface area contributed by atoms with E-state index in [0.29, 0.717) is 16.5 Å². The van der Waals surface area contributed by atoms with Crippen LogP contribution in [0.2, 0.25) is 0 Å². The number of hydrogen-bond donors (Lipinski definition) is 1. The Morgan fingerprint density at radius 1 is 1.45 bits per heavy atom. The molecule has 9 heteroatoms. The fraction of sp³-hybridized carbons (Fsp3) is 0.308. The van der Waals surface area contributed by atoms with E-state index in [4.69, 9.17) is 9.47 Å². The molecule has 1 aromatic carbocycles. The normalized spacial score (nSPS) is 16.9. The second-order valence-electron chi connectivity index (χ2n) is 4.35. The molecule has 1 aliphatic rings. The van der Waals surface area contributed by atoms with Crippen molar-refractivity contribution in [1.82, 2.24) is 4.72 Å². The van der Waals surface area contributed by atoms with Gasteiger partial charge in [-0.2, -0.15) is 8.42 Å². The molecule has 22 heavy (non-hydrogen) atoms. The Kier molecular flexibility index (Phi) is 4.55. The van der Waals surface area contributed by atoms with Crippen molar-refractivity contribution in [1.29, 1.82) is 0 Å². The van der Waals surface area contributed by atoms with Crippen LogP contribution in [-0.2, 0) is 19.7 Å². The number of halogens is 1. The predicted molar refractivity (Wildman–Crippen MR) is 78.0 cm³/mol. The van der Waals surface area contributed by atoms with Gasteiger partial charge in [0.1, 0.15) is 18.0 Å². The number of ether oxygens (including phenoxy) is 2. The van der Waals surface area contributed by atoms with Crippen LogP contribution in [-0.4, -0.2) is 34.6 Å². The molecule has 1 saturated heterocycles. The summed E-state index contributed by atoms with van der Waals surface area (Å²) < 4.78 is 50.5. The van der Waals surface area contributed by atoms with Crippen LogP contribution in [0.25, 0.3) is 6.08 Å². The summed E-state index contributed by atoms with van der Waals surface area (Å²) in [6.45, 7) is 1.77. The number of nitrogens with zero attached hydrogens (tertiary/aromatic N) is 1. The van der Waals surface area contributed by atoms with Crippen molar-refractivity contribution in [3.63, 3.8) is 0 Å². The number of benzene rings is 1. The van der Waals surface area contributed by atoms with Crippen molar-refractivity contribution in [2.75, 3.05) is 24.6 Å². The van der Waals surface area contributed by atoms with Gasteiger partial charge >= 0.3 is 10.2 Å².